The van der Waals surface area contributed by atoms with Gasteiger partial charge in [0, 0.05) is 26.3 Å². The van der Waals surface area contributed by atoms with Gasteiger partial charge in [0.05, 0.1) is 7.11 Å². The lowest BCUT2D eigenvalue weighted by atomic mass is 9.82. The van der Waals surface area contributed by atoms with Crippen molar-refractivity contribution in [1.29, 1.82) is 0 Å². The number of rotatable bonds is 5. The molecule has 2 aliphatic rings. The molecule has 1 N–H and O–H groups in total. The van der Waals surface area contributed by atoms with Crippen LogP contribution in [-0.4, -0.2) is 33.7 Å². The third-order valence-electron chi connectivity index (χ3n) is 4.30. The van der Waals surface area contributed by atoms with Gasteiger partial charge in [0.15, 0.2) is 11.5 Å². The van der Waals surface area contributed by atoms with E-state index < -0.39 is 0 Å². The number of hydrogen-bond donors (Lipinski definition) is 1. The molecule has 2 heterocycles. The van der Waals surface area contributed by atoms with Crippen LogP contribution >= 0.6 is 0 Å². The number of fused-ring (bicyclic) bond motifs is 1. The van der Waals surface area contributed by atoms with Crippen LogP contribution < -0.4 is 19.5 Å². The Morgan fingerprint density at radius 1 is 1.24 bits per heavy atom. The lowest BCUT2D eigenvalue weighted by Crippen LogP contribution is -2.36. The summed E-state index contributed by atoms with van der Waals surface area (Å²) in [6.07, 6.45) is 2.23. The molecule has 0 aromatic heterocycles. The Balaban J connectivity index is 1.60. The maximum atomic E-state index is 5.45. The molecule has 3 rings (SSSR count). The predicted molar refractivity (Wildman–Crippen MR) is 79.0 cm³/mol. The van der Waals surface area contributed by atoms with Gasteiger partial charge in [-0.25, -0.2) is 0 Å². The maximum Gasteiger partial charge on any atom is 0.231 e. The average Bonchev–Trinajstić information content (AvgIpc) is 2.95. The van der Waals surface area contributed by atoms with E-state index >= 15 is 0 Å². The van der Waals surface area contributed by atoms with Crippen molar-refractivity contribution in [3.05, 3.63) is 17.7 Å². The molecule has 21 heavy (non-hydrogen) atoms. The van der Waals surface area contributed by atoms with E-state index in [0.29, 0.717) is 11.2 Å². The molecule has 0 bridgehead atoms. The molecule has 1 saturated heterocycles. The zero-order valence-electron chi connectivity index (χ0n) is 12.7. The smallest absolute Gasteiger partial charge is 0.231 e. The van der Waals surface area contributed by atoms with Gasteiger partial charge >= 0.3 is 0 Å². The second-order valence-corrected chi connectivity index (χ2v) is 6.06. The lowest BCUT2D eigenvalue weighted by molar-refractivity contribution is 0.0240. The molecule has 0 spiro atoms. The summed E-state index contributed by atoms with van der Waals surface area (Å²) < 4.78 is 21.7. The molecule has 5 nitrogen and oxygen atoms in total. The topological polar surface area (TPSA) is 49.0 Å². The van der Waals surface area contributed by atoms with Gasteiger partial charge in [0.25, 0.3) is 0 Å². The van der Waals surface area contributed by atoms with E-state index in [0.717, 1.165) is 56.2 Å². The summed E-state index contributed by atoms with van der Waals surface area (Å²) in [5, 5.41) is 3.55. The van der Waals surface area contributed by atoms with Crippen molar-refractivity contribution in [2.75, 3.05) is 33.7 Å². The summed E-state index contributed by atoms with van der Waals surface area (Å²) in [5.74, 6) is 2.21. The standard InChI is InChI=1S/C16H23NO4/c1-16(3-5-19-6-4-16)10-17-9-12-7-13(18-2)15-14(8-12)20-11-21-15/h7-8,17H,3-6,9-11H2,1-2H3. The van der Waals surface area contributed by atoms with E-state index in [4.69, 9.17) is 18.9 Å². The molecule has 0 unspecified atom stereocenters. The first-order chi connectivity index (χ1) is 10.2. The summed E-state index contributed by atoms with van der Waals surface area (Å²) in [6.45, 7) is 6.12. The van der Waals surface area contributed by atoms with Crippen LogP contribution in [0.25, 0.3) is 0 Å². The van der Waals surface area contributed by atoms with Crippen LogP contribution in [0.5, 0.6) is 17.2 Å². The first-order valence-corrected chi connectivity index (χ1v) is 7.45. The van der Waals surface area contributed by atoms with Crippen LogP contribution in [-0.2, 0) is 11.3 Å². The van der Waals surface area contributed by atoms with Crippen LogP contribution in [0, 0.1) is 5.41 Å². The zero-order chi connectivity index (χ0) is 14.7. The van der Waals surface area contributed by atoms with Gasteiger partial charge in [-0.3, -0.25) is 0 Å². The summed E-state index contributed by atoms with van der Waals surface area (Å²) in [6, 6.07) is 4.02. The number of methoxy groups -OCH3 is 1. The monoisotopic (exact) mass is 293 g/mol. The molecule has 5 heteroatoms. The number of benzene rings is 1. The minimum Gasteiger partial charge on any atom is -0.493 e. The van der Waals surface area contributed by atoms with Gasteiger partial charge in [-0.1, -0.05) is 6.92 Å². The highest BCUT2D eigenvalue weighted by Crippen LogP contribution is 2.41. The minimum atomic E-state index is 0.265. The molecule has 0 atom stereocenters. The molecule has 1 aromatic carbocycles. The molecule has 116 valence electrons. The van der Waals surface area contributed by atoms with Gasteiger partial charge in [0.1, 0.15) is 0 Å². The molecule has 0 amide bonds. The number of hydrogen-bond acceptors (Lipinski definition) is 5. The lowest BCUT2D eigenvalue weighted by Gasteiger charge is -2.33. The van der Waals surface area contributed by atoms with Crippen molar-refractivity contribution in [3.63, 3.8) is 0 Å². The second-order valence-electron chi connectivity index (χ2n) is 6.06. The van der Waals surface area contributed by atoms with E-state index in [1.807, 2.05) is 12.1 Å². The predicted octanol–water partition coefficient (Wildman–Crippen LogP) is 2.33. The third-order valence-corrected chi connectivity index (χ3v) is 4.30. The number of ether oxygens (including phenoxy) is 4. The molecule has 0 radical (unpaired) electrons. The van der Waals surface area contributed by atoms with E-state index in [1.54, 1.807) is 7.11 Å². The summed E-state index contributed by atoms with van der Waals surface area (Å²) >= 11 is 0. The van der Waals surface area contributed by atoms with Crippen molar-refractivity contribution in [1.82, 2.24) is 5.32 Å². The van der Waals surface area contributed by atoms with Crippen molar-refractivity contribution in [2.24, 2.45) is 5.41 Å². The van der Waals surface area contributed by atoms with E-state index in [2.05, 4.69) is 12.2 Å². The molecule has 0 aliphatic carbocycles. The van der Waals surface area contributed by atoms with Gasteiger partial charge in [-0.2, -0.15) is 0 Å². The Kier molecular flexibility index (Phi) is 4.22. The van der Waals surface area contributed by atoms with E-state index in [-0.39, 0.29) is 6.79 Å². The minimum absolute atomic E-state index is 0.265. The summed E-state index contributed by atoms with van der Waals surface area (Å²) in [5.41, 5.74) is 1.48. The van der Waals surface area contributed by atoms with Crippen molar-refractivity contribution < 1.29 is 18.9 Å². The average molecular weight is 293 g/mol. The van der Waals surface area contributed by atoms with E-state index in [1.165, 1.54) is 0 Å². The third kappa shape index (κ3) is 3.24. The van der Waals surface area contributed by atoms with Crippen LogP contribution in [0.2, 0.25) is 0 Å². The first kappa shape index (κ1) is 14.5. The van der Waals surface area contributed by atoms with Crippen molar-refractivity contribution in [2.45, 2.75) is 26.3 Å². The van der Waals surface area contributed by atoms with Crippen molar-refractivity contribution >= 4 is 0 Å². The van der Waals surface area contributed by atoms with Gasteiger partial charge in [0.2, 0.25) is 12.5 Å². The molecule has 1 fully saturated rings. The van der Waals surface area contributed by atoms with Gasteiger partial charge in [-0.05, 0) is 36.0 Å². The fourth-order valence-electron chi connectivity index (χ4n) is 2.84. The fraction of sp³-hybridized carbons (Fsp3) is 0.625. The molecule has 0 saturated carbocycles. The molecule has 1 aromatic rings. The first-order valence-electron chi connectivity index (χ1n) is 7.45. The Morgan fingerprint density at radius 2 is 2.05 bits per heavy atom. The fourth-order valence-corrected chi connectivity index (χ4v) is 2.84. The Hall–Kier alpha value is -1.46. The van der Waals surface area contributed by atoms with Crippen LogP contribution in [0.4, 0.5) is 0 Å². The number of nitrogens with one attached hydrogen (secondary N) is 1. The van der Waals surface area contributed by atoms with Crippen molar-refractivity contribution in [3.8, 4) is 17.2 Å². The maximum absolute atomic E-state index is 5.45. The second kappa shape index (κ2) is 6.12. The molecular formula is C16H23NO4. The van der Waals surface area contributed by atoms with Gasteiger partial charge < -0.3 is 24.3 Å². The quantitative estimate of drug-likeness (QED) is 0.903. The van der Waals surface area contributed by atoms with Crippen LogP contribution in [0.1, 0.15) is 25.3 Å². The largest absolute Gasteiger partial charge is 0.493 e. The SMILES string of the molecule is COc1cc(CNCC2(C)CCOCC2)cc2c1OCO2. The van der Waals surface area contributed by atoms with Gasteiger partial charge in [-0.15, -0.1) is 0 Å². The Labute approximate surface area is 125 Å². The highest BCUT2D eigenvalue weighted by molar-refractivity contribution is 5.55. The molecule has 2 aliphatic heterocycles. The Bertz CT molecular complexity index is 497. The zero-order valence-corrected chi connectivity index (χ0v) is 12.7. The van der Waals surface area contributed by atoms with E-state index in [9.17, 15) is 0 Å². The highest BCUT2D eigenvalue weighted by Gasteiger charge is 2.27. The highest BCUT2D eigenvalue weighted by atomic mass is 16.7. The molecular weight excluding hydrogens is 270 g/mol. The summed E-state index contributed by atoms with van der Waals surface area (Å²) in [7, 11) is 1.65. The Morgan fingerprint density at radius 3 is 2.81 bits per heavy atom. The van der Waals surface area contributed by atoms with Crippen LogP contribution in [0.15, 0.2) is 12.1 Å². The van der Waals surface area contributed by atoms with Crippen LogP contribution in [0.3, 0.4) is 0 Å². The normalized spacial score (nSPS) is 19.5. The summed E-state index contributed by atoms with van der Waals surface area (Å²) in [4.78, 5) is 0.